The van der Waals surface area contributed by atoms with E-state index < -0.39 is 23.3 Å². The maximum Gasteiger partial charge on any atom is 0.434 e. The minimum Gasteiger partial charge on any atom is -0.480 e. The largest absolute Gasteiger partial charge is 0.480 e. The highest BCUT2D eigenvalue weighted by Crippen LogP contribution is 2.33. The Hall–Kier alpha value is -2.65. The quantitative estimate of drug-likeness (QED) is 0.900. The van der Waals surface area contributed by atoms with Crippen molar-refractivity contribution in [3.05, 3.63) is 29.6 Å². The van der Waals surface area contributed by atoms with Crippen molar-refractivity contribution in [2.45, 2.75) is 32.5 Å². The van der Waals surface area contributed by atoms with Crippen LogP contribution in [0.4, 0.5) is 13.2 Å². The fourth-order valence-corrected chi connectivity index (χ4v) is 1.90. The molecule has 130 valence electrons. The Morgan fingerprint density at radius 1 is 1.38 bits per heavy atom. The molecule has 0 aliphatic rings. The molecule has 1 N–H and O–H groups in total. The van der Waals surface area contributed by atoms with Crippen LogP contribution in [0, 0.1) is 0 Å². The van der Waals surface area contributed by atoms with Crippen molar-refractivity contribution in [3.63, 3.8) is 0 Å². The molecule has 7 nitrogen and oxygen atoms in total. The third kappa shape index (κ3) is 3.63. The Bertz CT molecular complexity index is 712. The number of nitrogens with zero attached hydrogens (tertiary/aromatic N) is 4. The van der Waals surface area contributed by atoms with Crippen LogP contribution in [0.25, 0.3) is 5.82 Å². The molecule has 24 heavy (non-hydrogen) atoms. The fourth-order valence-electron chi connectivity index (χ4n) is 1.90. The molecular formula is C14H16F3N5O2. The Labute approximate surface area is 135 Å². The first-order valence-corrected chi connectivity index (χ1v) is 7.12. The van der Waals surface area contributed by atoms with Gasteiger partial charge in [0.15, 0.2) is 11.5 Å². The minimum absolute atomic E-state index is 0.147. The van der Waals surface area contributed by atoms with Gasteiger partial charge in [-0.1, -0.05) is 6.92 Å². The highest BCUT2D eigenvalue weighted by molar-refractivity contribution is 5.95. The van der Waals surface area contributed by atoms with E-state index in [4.69, 9.17) is 4.74 Å². The lowest BCUT2D eigenvalue weighted by atomic mass is 10.2. The van der Waals surface area contributed by atoms with Gasteiger partial charge in [0.05, 0.1) is 18.9 Å². The second-order valence-corrected chi connectivity index (χ2v) is 5.03. The molecule has 0 saturated carbocycles. The molecule has 0 aliphatic heterocycles. The van der Waals surface area contributed by atoms with Crippen LogP contribution in [-0.2, 0) is 6.18 Å². The molecule has 0 fully saturated rings. The summed E-state index contributed by atoms with van der Waals surface area (Å²) in [4.78, 5) is 12.1. The molecule has 0 radical (unpaired) electrons. The Morgan fingerprint density at radius 2 is 2.08 bits per heavy atom. The van der Waals surface area contributed by atoms with E-state index in [0.29, 0.717) is 11.1 Å². The number of nitrogens with one attached hydrogen (secondary N) is 1. The number of halogens is 3. The molecule has 0 bridgehead atoms. The Morgan fingerprint density at radius 3 is 2.58 bits per heavy atom. The number of amides is 1. The summed E-state index contributed by atoms with van der Waals surface area (Å²) in [6.07, 6.45) is -3.34. The van der Waals surface area contributed by atoms with Crippen molar-refractivity contribution in [2.24, 2.45) is 0 Å². The number of ether oxygens (including phenoxy) is 1. The first kappa shape index (κ1) is 17.7. The topological polar surface area (TPSA) is 81.9 Å². The van der Waals surface area contributed by atoms with E-state index in [1.807, 2.05) is 6.92 Å². The Kier molecular flexibility index (Phi) is 5.05. The third-order valence-corrected chi connectivity index (χ3v) is 3.32. The summed E-state index contributed by atoms with van der Waals surface area (Å²) >= 11 is 0. The molecule has 0 spiro atoms. The van der Waals surface area contributed by atoms with Crippen LogP contribution < -0.4 is 10.1 Å². The van der Waals surface area contributed by atoms with Crippen molar-refractivity contribution in [3.8, 4) is 11.7 Å². The van der Waals surface area contributed by atoms with Crippen molar-refractivity contribution < 1.29 is 22.7 Å². The van der Waals surface area contributed by atoms with Crippen LogP contribution >= 0.6 is 0 Å². The molecule has 2 heterocycles. The molecular weight excluding hydrogens is 327 g/mol. The lowest BCUT2D eigenvalue weighted by molar-refractivity contribution is -0.143. The maximum absolute atomic E-state index is 13.4. The maximum atomic E-state index is 13.4. The van der Waals surface area contributed by atoms with Crippen LogP contribution in [0.1, 0.15) is 36.3 Å². The molecule has 0 aromatic carbocycles. The van der Waals surface area contributed by atoms with Crippen LogP contribution in [0.2, 0.25) is 0 Å². The predicted octanol–water partition coefficient (Wildman–Crippen LogP) is 2.22. The van der Waals surface area contributed by atoms with Gasteiger partial charge in [0.1, 0.15) is 0 Å². The first-order valence-electron chi connectivity index (χ1n) is 7.12. The van der Waals surface area contributed by atoms with E-state index in [1.165, 1.54) is 19.2 Å². The van der Waals surface area contributed by atoms with E-state index in [1.54, 1.807) is 6.92 Å². The van der Waals surface area contributed by atoms with E-state index in [9.17, 15) is 18.0 Å². The SMILES string of the molecule is CCC(C)NC(=O)c1cnn(-c2ccc(OC)nn2)c1C(F)(F)F. The van der Waals surface area contributed by atoms with Crippen molar-refractivity contribution in [2.75, 3.05) is 7.11 Å². The van der Waals surface area contributed by atoms with Crippen LogP contribution in [0.5, 0.6) is 5.88 Å². The number of carbonyl (C=O) groups is 1. The third-order valence-electron chi connectivity index (χ3n) is 3.32. The second-order valence-electron chi connectivity index (χ2n) is 5.03. The standard InChI is InChI=1S/C14H16F3N5O2/c1-4-8(2)19-13(23)9-7-18-22(12(9)14(15,16)17)10-5-6-11(24-3)21-20-10/h5-8H,4H2,1-3H3,(H,19,23). The van der Waals surface area contributed by atoms with Crippen molar-refractivity contribution >= 4 is 5.91 Å². The van der Waals surface area contributed by atoms with Crippen LogP contribution in [0.15, 0.2) is 18.3 Å². The zero-order chi connectivity index (χ0) is 17.9. The normalized spacial score (nSPS) is 12.8. The molecule has 1 unspecified atom stereocenters. The molecule has 2 rings (SSSR count). The number of rotatable bonds is 5. The number of carbonyl (C=O) groups excluding carboxylic acids is 1. The summed E-state index contributed by atoms with van der Waals surface area (Å²) in [6, 6.07) is 2.36. The van der Waals surface area contributed by atoms with E-state index in [0.717, 1.165) is 6.20 Å². The molecule has 0 aliphatic carbocycles. The van der Waals surface area contributed by atoms with Gasteiger partial charge < -0.3 is 10.1 Å². The lowest BCUT2D eigenvalue weighted by Gasteiger charge is -2.14. The number of methoxy groups -OCH3 is 1. The van der Waals surface area contributed by atoms with Gasteiger partial charge in [-0.05, 0) is 19.4 Å². The first-order chi connectivity index (χ1) is 11.3. The summed E-state index contributed by atoms with van der Waals surface area (Å²) in [6.45, 7) is 3.51. The number of hydrogen-bond donors (Lipinski definition) is 1. The van der Waals surface area contributed by atoms with Gasteiger partial charge in [0.2, 0.25) is 5.88 Å². The zero-order valence-corrected chi connectivity index (χ0v) is 13.3. The molecule has 10 heteroatoms. The summed E-state index contributed by atoms with van der Waals surface area (Å²) in [5, 5.41) is 13.4. The second kappa shape index (κ2) is 6.85. The number of aromatic nitrogens is 4. The molecule has 1 amide bonds. The molecule has 2 aromatic heterocycles. The van der Waals surface area contributed by atoms with Crippen molar-refractivity contribution in [1.29, 1.82) is 0 Å². The summed E-state index contributed by atoms with van der Waals surface area (Å²) in [7, 11) is 1.36. The lowest BCUT2D eigenvalue weighted by Crippen LogP contribution is -2.33. The summed E-state index contributed by atoms with van der Waals surface area (Å²) in [5.74, 6) is -0.871. The minimum atomic E-state index is -4.79. The number of alkyl halides is 3. The van der Waals surface area contributed by atoms with Gasteiger partial charge in [-0.15, -0.1) is 10.2 Å². The average molecular weight is 343 g/mol. The molecule has 1 atom stereocenters. The monoisotopic (exact) mass is 343 g/mol. The van der Waals surface area contributed by atoms with Crippen LogP contribution in [0.3, 0.4) is 0 Å². The van der Waals surface area contributed by atoms with Crippen LogP contribution in [-0.4, -0.2) is 39.0 Å². The van der Waals surface area contributed by atoms with E-state index >= 15 is 0 Å². The summed E-state index contributed by atoms with van der Waals surface area (Å²) < 4.78 is 45.7. The highest BCUT2D eigenvalue weighted by atomic mass is 19.4. The summed E-state index contributed by atoms with van der Waals surface area (Å²) in [5.41, 5.74) is -1.77. The van der Waals surface area contributed by atoms with Crippen molar-refractivity contribution in [1.82, 2.24) is 25.3 Å². The average Bonchev–Trinajstić information content (AvgIpc) is 3.00. The van der Waals surface area contributed by atoms with Gasteiger partial charge in [0, 0.05) is 12.1 Å². The molecule has 0 saturated heterocycles. The van der Waals surface area contributed by atoms with E-state index in [2.05, 4.69) is 20.6 Å². The smallest absolute Gasteiger partial charge is 0.434 e. The van der Waals surface area contributed by atoms with Gasteiger partial charge in [-0.2, -0.15) is 18.3 Å². The zero-order valence-electron chi connectivity index (χ0n) is 13.3. The van der Waals surface area contributed by atoms with Gasteiger partial charge in [-0.3, -0.25) is 4.79 Å². The Balaban J connectivity index is 2.47. The van der Waals surface area contributed by atoms with Gasteiger partial charge in [0.25, 0.3) is 5.91 Å². The highest BCUT2D eigenvalue weighted by Gasteiger charge is 2.41. The molecule has 2 aromatic rings. The van der Waals surface area contributed by atoms with E-state index in [-0.39, 0.29) is 17.7 Å². The predicted molar refractivity (Wildman–Crippen MR) is 77.9 cm³/mol. The van der Waals surface area contributed by atoms with Gasteiger partial charge in [-0.25, -0.2) is 4.68 Å². The van der Waals surface area contributed by atoms with Gasteiger partial charge >= 0.3 is 6.18 Å². The fraction of sp³-hybridized carbons (Fsp3) is 0.429. The number of hydrogen-bond acceptors (Lipinski definition) is 5.